The average molecular weight is 567 g/mol. The second-order valence-electron chi connectivity index (χ2n) is 12.0. The van der Waals surface area contributed by atoms with Crippen LogP contribution < -0.4 is 0 Å². The van der Waals surface area contributed by atoms with Crippen molar-refractivity contribution in [1.82, 2.24) is 9.55 Å². The highest BCUT2D eigenvalue weighted by atomic mass is 32.1. The molecule has 0 radical (unpaired) electrons. The largest absolute Gasteiger partial charge is 0.298 e. The standard InChI is InChI=1S/C37H34N4S/c1-6-28-33(31(7-2)42-34(28)24-12-9-8-10-13-24)41-19-18-40-35(41)29-20-25(16-17-30(29)37(5)23-36(37,3)4)32-26(21-38)14-11-15-27(32)22-39/h8-20H,6-7,23H2,1-5H3. The molecule has 5 heteroatoms. The van der Waals surface area contributed by atoms with E-state index in [1.807, 2.05) is 17.5 Å². The van der Waals surface area contributed by atoms with Crippen LogP contribution in [0.15, 0.2) is 79.1 Å². The molecule has 3 aromatic carbocycles. The lowest BCUT2D eigenvalue weighted by Gasteiger charge is -2.22. The first-order chi connectivity index (χ1) is 20.3. The number of nitriles is 2. The summed E-state index contributed by atoms with van der Waals surface area (Å²) < 4.78 is 2.28. The van der Waals surface area contributed by atoms with Gasteiger partial charge in [0.25, 0.3) is 0 Å². The Morgan fingerprint density at radius 1 is 0.881 bits per heavy atom. The summed E-state index contributed by atoms with van der Waals surface area (Å²) in [6, 6.07) is 27.1. The maximum atomic E-state index is 9.95. The molecule has 0 bridgehead atoms. The van der Waals surface area contributed by atoms with Crippen LogP contribution in [0.5, 0.6) is 0 Å². The molecule has 1 fully saturated rings. The smallest absolute Gasteiger partial charge is 0.144 e. The van der Waals surface area contributed by atoms with Crippen LogP contribution in [0.3, 0.4) is 0 Å². The molecule has 1 atom stereocenters. The predicted molar refractivity (Wildman–Crippen MR) is 172 cm³/mol. The quantitative estimate of drug-likeness (QED) is 0.197. The summed E-state index contributed by atoms with van der Waals surface area (Å²) in [4.78, 5) is 7.65. The third kappa shape index (κ3) is 4.28. The third-order valence-electron chi connectivity index (χ3n) is 9.25. The van der Waals surface area contributed by atoms with Crippen molar-refractivity contribution < 1.29 is 0 Å². The zero-order valence-corrected chi connectivity index (χ0v) is 25.6. The van der Waals surface area contributed by atoms with Gasteiger partial charge in [0, 0.05) is 33.3 Å². The van der Waals surface area contributed by atoms with Crippen LogP contribution in [0.4, 0.5) is 0 Å². The summed E-state index contributed by atoms with van der Waals surface area (Å²) in [5.41, 5.74) is 8.81. The Labute approximate surface area is 252 Å². The lowest BCUT2D eigenvalue weighted by Crippen LogP contribution is -2.13. The van der Waals surface area contributed by atoms with Crippen LogP contribution in [0, 0.1) is 28.1 Å². The van der Waals surface area contributed by atoms with Gasteiger partial charge in [0.15, 0.2) is 0 Å². The van der Waals surface area contributed by atoms with Crippen LogP contribution in [-0.2, 0) is 18.3 Å². The van der Waals surface area contributed by atoms with Crippen molar-refractivity contribution in [2.45, 2.75) is 59.3 Å². The maximum Gasteiger partial charge on any atom is 0.144 e. The van der Waals surface area contributed by atoms with E-state index in [2.05, 4.69) is 106 Å². The second-order valence-corrected chi connectivity index (χ2v) is 13.1. The summed E-state index contributed by atoms with van der Waals surface area (Å²) in [7, 11) is 0. The summed E-state index contributed by atoms with van der Waals surface area (Å²) in [5, 5.41) is 19.9. The van der Waals surface area contributed by atoms with Crippen LogP contribution >= 0.6 is 11.3 Å². The highest BCUT2D eigenvalue weighted by molar-refractivity contribution is 7.16. The minimum Gasteiger partial charge on any atom is -0.298 e. The molecule has 2 heterocycles. The molecule has 1 aliphatic carbocycles. The Morgan fingerprint density at radius 2 is 1.57 bits per heavy atom. The van der Waals surface area contributed by atoms with Crippen LogP contribution in [0.2, 0.25) is 0 Å². The minimum atomic E-state index is -0.00450. The van der Waals surface area contributed by atoms with Gasteiger partial charge in [0.2, 0.25) is 0 Å². The molecule has 0 spiro atoms. The number of hydrogen-bond donors (Lipinski definition) is 0. The van der Waals surface area contributed by atoms with Gasteiger partial charge in [-0.25, -0.2) is 4.98 Å². The number of imidazole rings is 1. The van der Waals surface area contributed by atoms with E-state index < -0.39 is 0 Å². The number of nitrogens with zero attached hydrogens (tertiary/aromatic N) is 4. The fourth-order valence-electron chi connectivity index (χ4n) is 6.58. The van der Waals surface area contributed by atoms with Crippen molar-refractivity contribution in [3.63, 3.8) is 0 Å². The first kappa shape index (κ1) is 27.7. The van der Waals surface area contributed by atoms with Crippen molar-refractivity contribution in [2.75, 3.05) is 0 Å². The van der Waals surface area contributed by atoms with E-state index >= 15 is 0 Å². The monoisotopic (exact) mass is 566 g/mol. The van der Waals surface area contributed by atoms with Gasteiger partial charge in [-0.1, -0.05) is 83.1 Å². The zero-order valence-electron chi connectivity index (χ0n) is 24.8. The van der Waals surface area contributed by atoms with Crippen LogP contribution in [0.1, 0.15) is 68.2 Å². The van der Waals surface area contributed by atoms with Gasteiger partial charge in [-0.2, -0.15) is 10.5 Å². The molecule has 0 amide bonds. The fraction of sp³-hybridized carbons (Fsp3) is 0.270. The minimum absolute atomic E-state index is 0.00450. The summed E-state index contributed by atoms with van der Waals surface area (Å²) in [6.07, 6.45) is 6.91. The average Bonchev–Trinajstić information content (AvgIpc) is 3.37. The number of benzene rings is 3. The molecule has 2 aromatic heterocycles. The first-order valence-electron chi connectivity index (χ1n) is 14.6. The lowest BCUT2D eigenvalue weighted by molar-refractivity contribution is 0.529. The Balaban J connectivity index is 1.62. The third-order valence-corrected chi connectivity index (χ3v) is 10.7. The van der Waals surface area contributed by atoms with Crippen molar-refractivity contribution >= 4 is 11.3 Å². The molecule has 208 valence electrons. The number of hydrogen-bond acceptors (Lipinski definition) is 4. The molecule has 0 aliphatic heterocycles. The molecule has 1 unspecified atom stereocenters. The molecule has 1 aliphatic rings. The van der Waals surface area contributed by atoms with Gasteiger partial charge in [-0.05, 0) is 70.5 Å². The molecule has 6 rings (SSSR count). The fourth-order valence-corrected chi connectivity index (χ4v) is 7.90. The molecule has 1 saturated carbocycles. The summed E-state index contributed by atoms with van der Waals surface area (Å²) >= 11 is 1.88. The SMILES string of the molecule is CCc1sc(-c2ccccc2)c(CC)c1-n1ccnc1-c1cc(-c2c(C#N)cccc2C#N)ccc1C1(C)CC1(C)C. The highest BCUT2D eigenvalue weighted by Gasteiger charge is 2.59. The van der Waals surface area contributed by atoms with Crippen LogP contribution in [-0.4, -0.2) is 9.55 Å². The molecule has 4 nitrogen and oxygen atoms in total. The van der Waals surface area contributed by atoms with Gasteiger partial charge in [-0.3, -0.25) is 4.57 Å². The Morgan fingerprint density at radius 3 is 2.17 bits per heavy atom. The lowest BCUT2D eigenvalue weighted by atomic mass is 9.84. The van der Waals surface area contributed by atoms with Gasteiger partial charge in [0.1, 0.15) is 5.82 Å². The molecule has 0 saturated heterocycles. The molecule has 42 heavy (non-hydrogen) atoms. The Hall–Kier alpha value is -4.45. The van der Waals surface area contributed by atoms with E-state index in [1.54, 1.807) is 18.2 Å². The van der Waals surface area contributed by atoms with Crippen molar-refractivity contribution in [3.8, 4) is 50.8 Å². The second kappa shape index (κ2) is 10.4. The van der Waals surface area contributed by atoms with Gasteiger partial charge in [0.05, 0.1) is 29.0 Å². The highest BCUT2D eigenvalue weighted by Crippen LogP contribution is 2.65. The number of rotatable bonds is 7. The van der Waals surface area contributed by atoms with Gasteiger partial charge >= 0.3 is 0 Å². The normalized spacial score (nSPS) is 17.0. The Bertz CT molecular complexity index is 1860. The molecular formula is C37H34N4S. The van der Waals surface area contributed by atoms with E-state index in [4.69, 9.17) is 4.98 Å². The zero-order chi connectivity index (χ0) is 29.6. The summed E-state index contributed by atoms with van der Waals surface area (Å²) in [5.74, 6) is 0.894. The van der Waals surface area contributed by atoms with E-state index in [0.717, 1.165) is 36.2 Å². The molecule has 5 aromatic rings. The van der Waals surface area contributed by atoms with Crippen molar-refractivity contribution in [2.24, 2.45) is 5.41 Å². The predicted octanol–water partition coefficient (Wildman–Crippen LogP) is 9.49. The molecular weight excluding hydrogens is 533 g/mol. The van der Waals surface area contributed by atoms with E-state index in [-0.39, 0.29) is 10.8 Å². The first-order valence-corrected chi connectivity index (χ1v) is 15.4. The van der Waals surface area contributed by atoms with Crippen LogP contribution in [0.25, 0.3) is 38.6 Å². The molecule has 0 N–H and O–H groups in total. The number of aryl methyl sites for hydroxylation is 1. The number of aromatic nitrogens is 2. The Kier molecular flexibility index (Phi) is 6.88. The van der Waals surface area contributed by atoms with Crippen molar-refractivity contribution in [3.05, 3.63) is 106 Å². The van der Waals surface area contributed by atoms with E-state index in [9.17, 15) is 10.5 Å². The van der Waals surface area contributed by atoms with Gasteiger partial charge in [-0.15, -0.1) is 11.3 Å². The van der Waals surface area contributed by atoms with E-state index in [1.165, 1.54) is 32.1 Å². The maximum absolute atomic E-state index is 9.95. The van der Waals surface area contributed by atoms with E-state index in [0.29, 0.717) is 16.7 Å². The topological polar surface area (TPSA) is 65.4 Å². The van der Waals surface area contributed by atoms with Gasteiger partial charge < -0.3 is 0 Å². The van der Waals surface area contributed by atoms with Crippen molar-refractivity contribution in [1.29, 1.82) is 10.5 Å². The summed E-state index contributed by atoms with van der Waals surface area (Å²) in [6.45, 7) is 11.4. The number of thiophene rings is 1.